The molecule has 1 amide bonds. The van der Waals surface area contributed by atoms with E-state index in [1.54, 1.807) is 11.7 Å². The van der Waals surface area contributed by atoms with E-state index in [0.29, 0.717) is 18.0 Å². The summed E-state index contributed by atoms with van der Waals surface area (Å²) in [5.41, 5.74) is 2.45. The van der Waals surface area contributed by atoms with E-state index in [2.05, 4.69) is 24.3 Å². The van der Waals surface area contributed by atoms with Crippen molar-refractivity contribution in [1.82, 2.24) is 15.1 Å². The van der Waals surface area contributed by atoms with Gasteiger partial charge in [-0.25, -0.2) is 0 Å². The van der Waals surface area contributed by atoms with Crippen LogP contribution in [-0.2, 0) is 13.5 Å². The number of aromatic nitrogens is 2. The summed E-state index contributed by atoms with van der Waals surface area (Å²) in [5, 5.41) is 16.7. The molecule has 0 bridgehead atoms. The van der Waals surface area contributed by atoms with E-state index in [1.807, 2.05) is 36.4 Å². The molecule has 124 valence electrons. The third-order valence-electron chi connectivity index (χ3n) is 3.71. The summed E-state index contributed by atoms with van der Waals surface area (Å²) in [4.78, 5) is 12.6. The van der Waals surface area contributed by atoms with Gasteiger partial charge in [0.05, 0.1) is 11.7 Å². The van der Waals surface area contributed by atoms with Crippen LogP contribution in [0.4, 0.5) is 0 Å². The minimum absolute atomic E-state index is 0.0177. The minimum atomic E-state index is -0.211. The molecule has 2 aromatic rings. The second-order valence-electron chi connectivity index (χ2n) is 6.19. The maximum Gasteiger partial charge on any atom is 0.270 e. The van der Waals surface area contributed by atoms with E-state index in [1.165, 1.54) is 0 Å². The molecule has 5 heteroatoms. The van der Waals surface area contributed by atoms with Gasteiger partial charge in [0.15, 0.2) is 0 Å². The summed E-state index contributed by atoms with van der Waals surface area (Å²) in [6.45, 7) is 4.27. The molecule has 2 rings (SSSR count). The standard InChI is InChI=1S/C18H25N3O2/c1-13(2)11-15-12-17(21(3)20-15)18(23)19-16(9-10-22)14-7-5-4-6-8-14/h4-8,12-13,16,22H,9-11H2,1-3H3,(H,19,23)/t16-/m1/s1. The predicted octanol–water partition coefficient (Wildman–Crippen LogP) is 2.47. The number of hydrogen-bond donors (Lipinski definition) is 2. The predicted molar refractivity (Wildman–Crippen MR) is 90.1 cm³/mol. The van der Waals surface area contributed by atoms with Crippen LogP contribution in [0.2, 0.25) is 0 Å². The molecule has 0 aliphatic heterocycles. The zero-order chi connectivity index (χ0) is 16.8. The van der Waals surface area contributed by atoms with Crippen molar-refractivity contribution in [2.24, 2.45) is 13.0 Å². The summed E-state index contributed by atoms with van der Waals surface area (Å²) >= 11 is 0. The Morgan fingerprint density at radius 3 is 2.61 bits per heavy atom. The number of nitrogens with one attached hydrogen (secondary N) is 1. The molecule has 1 heterocycles. The minimum Gasteiger partial charge on any atom is -0.396 e. The quantitative estimate of drug-likeness (QED) is 0.825. The van der Waals surface area contributed by atoms with Gasteiger partial charge in [-0.05, 0) is 30.4 Å². The Hall–Kier alpha value is -2.14. The molecule has 0 unspecified atom stereocenters. The second kappa shape index (κ2) is 7.92. The Balaban J connectivity index is 2.14. The molecule has 0 spiro atoms. The molecule has 1 aromatic heterocycles. The molecular weight excluding hydrogens is 290 g/mol. The van der Waals surface area contributed by atoms with E-state index in [4.69, 9.17) is 0 Å². The molecule has 0 aliphatic carbocycles. The zero-order valence-corrected chi connectivity index (χ0v) is 14.0. The van der Waals surface area contributed by atoms with E-state index >= 15 is 0 Å². The number of carbonyl (C=O) groups excluding carboxylic acids is 1. The van der Waals surface area contributed by atoms with Crippen LogP contribution in [0, 0.1) is 5.92 Å². The molecule has 0 fully saturated rings. The lowest BCUT2D eigenvalue weighted by molar-refractivity contribution is 0.0920. The van der Waals surface area contributed by atoms with Gasteiger partial charge in [-0.3, -0.25) is 9.48 Å². The lowest BCUT2D eigenvalue weighted by Crippen LogP contribution is -2.30. The van der Waals surface area contributed by atoms with Crippen LogP contribution in [0.5, 0.6) is 0 Å². The first-order valence-electron chi connectivity index (χ1n) is 8.00. The van der Waals surface area contributed by atoms with Crippen molar-refractivity contribution in [2.45, 2.75) is 32.7 Å². The number of benzene rings is 1. The maximum atomic E-state index is 12.6. The summed E-state index contributed by atoms with van der Waals surface area (Å²) in [5.74, 6) is 0.324. The van der Waals surface area contributed by atoms with Gasteiger partial charge in [-0.15, -0.1) is 0 Å². The average Bonchev–Trinajstić information content (AvgIpc) is 2.87. The summed E-state index contributed by atoms with van der Waals surface area (Å²) in [6.07, 6.45) is 1.33. The first-order valence-corrected chi connectivity index (χ1v) is 8.00. The number of aliphatic hydroxyl groups is 1. The average molecular weight is 315 g/mol. The van der Waals surface area contributed by atoms with Crippen LogP contribution in [0.1, 0.15) is 48.1 Å². The normalized spacial score (nSPS) is 12.4. The lowest BCUT2D eigenvalue weighted by Gasteiger charge is -2.18. The molecule has 0 radical (unpaired) electrons. The number of carbonyl (C=O) groups is 1. The number of aliphatic hydroxyl groups excluding tert-OH is 1. The third-order valence-corrected chi connectivity index (χ3v) is 3.71. The van der Waals surface area contributed by atoms with Gasteiger partial charge in [0.25, 0.3) is 5.91 Å². The van der Waals surface area contributed by atoms with Crippen LogP contribution in [0.25, 0.3) is 0 Å². The van der Waals surface area contributed by atoms with Gasteiger partial charge >= 0.3 is 0 Å². The molecule has 5 nitrogen and oxygen atoms in total. The van der Waals surface area contributed by atoms with Gasteiger partial charge in [0.1, 0.15) is 5.69 Å². The van der Waals surface area contributed by atoms with Crippen molar-refractivity contribution in [2.75, 3.05) is 6.61 Å². The monoisotopic (exact) mass is 315 g/mol. The topological polar surface area (TPSA) is 67.2 Å². The highest BCUT2D eigenvalue weighted by molar-refractivity contribution is 5.92. The van der Waals surface area contributed by atoms with Crippen LogP contribution in [-0.4, -0.2) is 27.4 Å². The Kier molecular flexibility index (Phi) is 5.93. The van der Waals surface area contributed by atoms with E-state index < -0.39 is 0 Å². The Morgan fingerprint density at radius 2 is 2.00 bits per heavy atom. The molecule has 23 heavy (non-hydrogen) atoms. The number of aryl methyl sites for hydroxylation is 1. The van der Waals surface area contributed by atoms with Crippen molar-refractivity contribution >= 4 is 5.91 Å². The first kappa shape index (κ1) is 17.2. The van der Waals surface area contributed by atoms with E-state index in [9.17, 15) is 9.90 Å². The fourth-order valence-corrected chi connectivity index (χ4v) is 2.63. The van der Waals surface area contributed by atoms with Gasteiger partial charge < -0.3 is 10.4 Å². The van der Waals surface area contributed by atoms with Crippen LogP contribution >= 0.6 is 0 Å². The van der Waals surface area contributed by atoms with Crippen LogP contribution < -0.4 is 5.32 Å². The SMILES string of the molecule is CC(C)Cc1cc(C(=O)N[C@H](CCO)c2ccccc2)n(C)n1. The fraction of sp³-hybridized carbons (Fsp3) is 0.444. The Labute approximate surface area is 137 Å². The molecular formula is C18H25N3O2. The third kappa shape index (κ3) is 4.66. The smallest absolute Gasteiger partial charge is 0.270 e. The molecule has 1 atom stereocenters. The number of hydrogen-bond acceptors (Lipinski definition) is 3. The van der Waals surface area contributed by atoms with E-state index in [-0.39, 0.29) is 18.6 Å². The van der Waals surface area contributed by atoms with Crippen molar-refractivity contribution < 1.29 is 9.90 Å². The van der Waals surface area contributed by atoms with Gasteiger partial charge in [-0.2, -0.15) is 5.10 Å². The molecule has 0 aliphatic rings. The van der Waals surface area contributed by atoms with Gasteiger partial charge in [0.2, 0.25) is 0 Å². The van der Waals surface area contributed by atoms with Gasteiger partial charge in [-0.1, -0.05) is 44.2 Å². The summed E-state index contributed by atoms with van der Waals surface area (Å²) in [6, 6.07) is 11.3. The molecule has 0 saturated heterocycles. The maximum absolute atomic E-state index is 12.6. The van der Waals surface area contributed by atoms with Crippen LogP contribution in [0.15, 0.2) is 36.4 Å². The first-order chi connectivity index (χ1) is 11.0. The second-order valence-corrected chi connectivity index (χ2v) is 6.19. The summed E-state index contributed by atoms with van der Waals surface area (Å²) < 4.78 is 1.62. The fourth-order valence-electron chi connectivity index (χ4n) is 2.63. The molecule has 2 N–H and O–H groups in total. The van der Waals surface area contributed by atoms with Crippen molar-refractivity contribution in [3.05, 3.63) is 53.3 Å². The highest BCUT2D eigenvalue weighted by atomic mass is 16.3. The van der Waals surface area contributed by atoms with Crippen LogP contribution in [0.3, 0.4) is 0 Å². The Bertz CT molecular complexity index is 635. The number of rotatable bonds is 7. The van der Waals surface area contributed by atoms with Crippen molar-refractivity contribution in [3.8, 4) is 0 Å². The molecule has 1 aromatic carbocycles. The zero-order valence-electron chi connectivity index (χ0n) is 14.0. The summed E-state index contributed by atoms with van der Waals surface area (Å²) in [7, 11) is 1.78. The lowest BCUT2D eigenvalue weighted by atomic mass is 10.0. The van der Waals surface area contributed by atoms with Crippen molar-refractivity contribution in [1.29, 1.82) is 0 Å². The Morgan fingerprint density at radius 1 is 1.30 bits per heavy atom. The largest absolute Gasteiger partial charge is 0.396 e. The van der Waals surface area contributed by atoms with E-state index in [0.717, 1.165) is 17.7 Å². The number of nitrogens with zero attached hydrogens (tertiary/aromatic N) is 2. The van der Waals surface area contributed by atoms with Crippen molar-refractivity contribution in [3.63, 3.8) is 0 Å². The highest BCUT2D eigenvalue weighted by Crippen LogP contribution is 2.17. The van der Waals surface area contributed by atoms with Gasteiger partial charge in [0, 0.05) is 13.7 Å². The highest BCUT2D eigenvalue weighted by Gasteiger charge is 2.19. The molecule has 0 saturated carbocycles. The number of amides is 1.